The summed E-state index contributed by atoms with van der Waals surface area (Å²) in [7, 11) is 0. The highest BCUT2D eigenvalue weighted by atomic mass is 19.1. The summed E-state index contributed by atoms with van der Waals surface area (Å²) in [5.41, 5.74) is 0.509. The third kappa shape index (κ3) is 3.79. The lowest BCUT2D eigenvalue weighted by atomic mass is 10.2. The number of pyridine rings is 1. The van der Waals surface area contributed by atoms with Crippen molar-refractivity contribution in [3.8, 4) is 17.1 Å². The minimum absolute atomic E-state index is 0.180. The molecular formula is C19H20FN5O2. The minimum Gasteiger partial charge on any atom is -0.342 e. The quantitative estimate of drug-likeness (QED) is 0.667. The maximum absolute atomic E-state index is 13.7. The number of rotatable bonds is 6. The van der Waals surface area contributed by atoms with Crippen LogP contribution in [0, 0.1) is 5.82 Å². The number of benzene rings is 1. The summed E-state index contributed by atoms with van der Waals surface area (Å²) in [5.74, 6) is -0.375. The van der Waals surface area contributed by atoms with Crippen LogP contribution >= 0.6 is 0 Å². The smallest absolute Gasteiger partial charge is 0.342 e. The lowest BCUT2D eigenvalue weighted by Crippen LogP contribution is -2.36. The van der Waals surface area contributed by atoms with Gasteiger partial charge in [0.1, 0.15) is 12.4 Å². The summed E-state index contributed by atoms with van der Waals surface area (Å²) in [6, 6.07) is 9.14. The number of nitrogens with zero attached hydrogens (tertiary/aromatic N) is 5. The van der Waals surface area contributed by atoms with E-state index in [1.165, 1.54) is 16.7 Å². The molecule has 0 spiro atoms. The van der Waals surface area contributed by atoms with Gasteiger partial charge in [-0.05, 0) is 38.1 Å². The van der Waals surface area contributed by atoms with Crippen LogP contribution in [0.1, 0.15) is 13.8 Å². The molecule has 8 heteroatoms. The molecule has 2 heterocycles. The molecule has 3 rings (SSSR count). The Morgan fingerprint density at radius 2 is 1.85 bits per heavy atom. The fourth-order valence-electron chi connectivity index (χ4n) is 2.86. The van der Waals surface area contributed by atoms with Crippen molar-refractivity contribution in [1.29, 1.82) is 0 Å². The lowest BCUT2D eigenvalue weighted by Gasteiger charge is -2.17. The Labute approximate surface area is 155 Å². The van der Waals surface area contributed by atoms with Crippen molar-refractivity contribution in [2.75, 3.05) is 13.1 Å². The lowest BCUT2D eigenvalue weighted by molar-refractivity contribution is -0.131. The van der Waals surface area contributed by atoms with Gasteiger partial charge in [-0.2, -0.15) is 0 Å². The molecule has 7 nitrogen and oxygen atoms in total. The van der Waals surface area contributed by atoms with Gasteiger partial charge < -0.3 is 4.90 Å². The molecule has 0 radical (unpaired) electrons. The first-order chi connectivity index (χ1) is 13.0. The predicted molar refractivity (Wildman–Crippen MR) is 98.9 cm³/mol. The first-order valence-electron chi connectivity index (χ1n) is 8.69. The summed E-state index contributed by atoms with van der Waals surface area (Å²) in [4.78, 5) is 31.0. The van der Waals surface area contributed by atoms with Gasteiger partial charge in [-0.3, -0.25) is 9.78 Å². The van der Waals surface area contributed by atoms with Gasteiger partial charge in [-0.1, -0.05) is 12.1 Å². The van der Waals surface area contributed by atoms with E-state index in [0.29, 0.717) is 24.3 Å². The van der Waals surface area contributed by atoms with Crippen LogP contribution in [-0.2, 0) is 11.3 Å². The highest BCUT2D eigenvalue weighted by Gasteiger charge is 2.20. The summed E-state index contributed by atoms with van der Waals surface area (Å²) >= 11 is 0. The number of carbonyl (C=O) groups is 1. The van der Waals surface area contributed by atoms with Gasteiger partial charge in [0.25, 0.3) is 0 Å². The standard InChI is InChI=1S/C19H20FN5O2/c1-3-23(4-2)17(26)13-24-19(27)25(16-8-10-21-11-9-16)18(22-24)14-6-5-7-15(20)12-14/h5-12H,3-4,13H2,1-2H3. The molecule has 140 valence electrons. The van der Waals surface area contributed by atoms with Crippen molar-refractivity contribution in [1.82, 2.24) is 24.2 Å². The number of hydrogen-bond donors (Lipinski definition) is 0. The van der Waals surface area contributed by atoms with Gasteiger partial charge in [0, 0.05) is 31.0 Å². The summed E-state index contributed by atoms with van der Waals surface area (Å²) in [6.07, 6.45) is 3.10. The average Bonchev–Trinajstić information content (AvgIpc) is 3.00. The molecule has 0 bridgehead atoms. The first-order valence-corrected chi connectivity index (χ1v) is 8.69. The first kappa shape index (κ1) is 18.5. The second kappa shape index (κ2) is 7.94. The van der Waals surface area contributed by atoms with Gasteiger partial charge in [0.2, 0.25) is 5.91 Å². The highest BCUT2D eigenvalue weighted by molar-refractivity contribution is 5.75. The maximum Gasteiger partial charge on any atom is 0.351 e. The molecule has 2 aromatic heterocycles. The molecule has 0 aliphatic carbocycles. The van der Waals surface area contributed by atoms with E-state index < -0.39 is 11.5 Å². The van der Waals surface area contributed by atoms with Crippen LogP contribution in [0.3, 0.4) is 0 Å². The second-order valence-electron chi connectivity index (χ2n) is 5.88. The highest BCUT2D eigenvalue weighted by Crippen LogP contribution is 2.20. The fraction of sp³-hybridized carbons (Fsp3) is 0.263. The molecule has 0 fully saturated rings. The maximum atomic E-state index is 13.7. The number of aromatic nitrogens is 4. The Kier molecular flexibility index (Phi) is 5.44. The number of carbonyl (C=O) groups excluding carboxylic acids is 1. The zero-order chi connectivity index (χ0) is 19.4. The number of hydrogen-bond acceptors (Lipinski definition) is 4. The molecule has 0 N–H and O–H groups in total. The van der Waals surface area contributed by atoms with Crippen LogP contribution < -0.4 is 5.69 Å². The van der Waals surface area contributed by atoms with Crippen LogP contribution in [0.4, 0.5) is 4.39 Å². The zero-order valence-corrected chi connectivity index (χ0v) is 15.2. The average molecular weight is 369 g/mol. The largest absolute Gasteiger partial charge is 0.351 e. The monoisotopic (exact) mass is 369 g/mol. The molecule has 0 saturated carbocycles. The van der Waals surface area contributed by atoms with Crippen molar-refractivity contribution in [3.05, 3.63) is 65.1 Å². The number of amides is 1. The molecule has 0 aliphatic heterocycles. The molecule has 0 saturated heterocycles. The van der Waals surface area contributed by atoms with E-state index in [4.69, 9.17) is 0 Å². The van der Waals surface area contributed by atoms with E-state index in [1.54, 1.807) is 41.6 Å². The molecular weight excluding hydrogens is 349 g/mol. The Balaban J connectivity index is 2.12. The third-order valence-electron chi connectivity index (χ3n) is 4.24. The number of likely N-dealkylation sites (N-methyl/N-ethyl adjacent to an activating group) is 1. The van der Waals surface area contributed by atoms with Crippen molar-refractivity contribution in [2.45, 2.75) is 20.4 Å². The summed E-state index contributed by atoms with van der Waals surface area (Å²) in [5, 5.41) is 4.32. The van der Waals surface area contributed by atoms with Crippen LogP contribution in [0.2, 0.25) is 0 Å². The molecule has 0 atom stereocenters. The van der Waals surface area contributed by atoms with E-state index in [1.807, 2.05) is 13.8 Å². The molecule has 1 amide bonds. The summed E-state index contributed by atoms with van der Waals surface area (Å²) in [6.45, 7) is 4.66. The van der Waals surface area contributed by atoms with Crippen molar-refractivity contribution < 1.29 is 9.18 Å². The van der Waals surface area contributed by atoms with Crippen molar-refractivity contribution in [3.63, 3.8) is 0 Å². The van der Waals surface area contributed by atoms with Crippen molar-refractivity contribution in [2.24, 2.45) is 0 Å². The Morgan fingerprint density at radius 1 is 1.15 bits per heavy atom. The predicted octanol–water partition coefficient (Wildman–Crippen LogP) is 2.10. The van der Waals surface area contributed by atoms with E-state index in [9.17, 15) is 14.0 Å². The molecule has 3 aromatic rings. The Bertz CT molecular complexity index is 993. The van der Waals surface area contributed by atoms with E-state index >= 15 is 0 Å². The van der Waals surface area contributed by atoms with Crippen LogP contribution in [0.5, 0.6) is 0 Å². The third-order valence-corrected chi connectivity index (χ3v) is 4.24. The Morgan fingerprint density at radius 3 is 2.48 bits per heavy atom. The van der Waals surface area contributed by atoms with E-state index in [-0.39, 0.29) is 18.3 Å². The molecule has 1 aromatic carbocycles. The normalized spacial score (nSPS) is 10.8. The molecule has 0 aliphatic rings. The SMILES string of the molecule is CCN(CC)C(=O)Cn1nc(-c2cccc(F)c2)n(-c2ccncc2)c1=O. The minimum atomic E-state index is -0.471. The molecule has 0 unspecified atom stereocenters. The van der Waals surface area contributed by atoms with Gasteiger partial charge in [0.15, 0.2) is 5.82 Å². The topological polar surface area (TPSA) is 73.0 Å². The summed E-state index contributed by atoms with van der Waals surface area (Å²) < 4.78 is 16.2. The van der Waals surface area contributed by atoms with Gasteiger partial charge >= 0.3 is 5.69 Å². The fourth-order valence-corrected chi connectivity index (χ4v) is 2.86. The second-order valence-corrected chi connectivity index (χ2v) is 5.88. The van der Waals surface area contributed by atoms with Crippen LogP contribution in [0.15, 0.2) is 53.6 Å². The molecule has 27 heavy (non-hydrogen) atoms. The number of halogens is 1. The van der Waals surface area contributed by atoms with Gasteiger partial charge in [0.05, 0.1) is 5.69 Å². The van der Waals surface area contributed by atoms with Crippen molar-refractivity contribution >= 4 is 5.91 Å². The van der Waals surface area contributed by atoms with Crippen LogP contribution in [-0.4, -0.2) is 43.2 Å². The van der Waals surface area contributed by atoms with Gasteiger partial charge in [-0.25, -0.2) is 18.4 Å². The van der Waals surface area contributed by atoms with E-state index in [0.717, 1.165) is 4.68 Å². The van der Waals surface area contributed by atoms with Crippen LogP contribution in [0.25, 0.3) is 17.1 Å². The van der Waals surface area contributed by atoms with Gasteiger partial charge in [-0.15, -0.1) is 5.10 Å². The van der Waals surface area contributed by atoms with E-state index in [2.05, 4.69) is 10.1 Å². The zero-order valence-electron chi connectivity index (χ0n) is 15.2. The Hall–Kier alpha value is -3.29.